The fraction of sp³-hybridized carbons (Fsp3) is 0.650. The molecule has 0 fully saturated rings. The Morgan fingerprint density at radius 3 is 2.19 bits per heavy atom. The van der Waals surface area contributed by atoms with Gasteiger partial charge in [-0.15, -0.1) is 0 Å². The number of ether oxygens (including phenoxy) is 3. The van der Waals surface area contributed by atoms with Crippen molar-refractivity contribution in [2.45, 2.75) is 37.5 Å². The molecule has 1 aromatic carbocycles. The highest BCUT2D eigenvalue weighted by atomic mass is 32.2. The van der Waals surface area contributed by atoms with E-state index in [9.17, 15) is 21.4 Å². The maximum Gasteiger partial charge on any atom is 0.294 e. The summed E-state index contributed by atoms with van der Waals surface area (Å²) in [5.41, 5.74) is 2.88. The van der Waals surface area contributed by atoms with Gasteiger partial charge in [-0.25, -0.2) is 0 Å². The summed E-state index contributed by atoms with van der Waals surface area (Å²) in [6.45, 7) is 6.31. The fourth-order valence-electron chi connectivity index (χ4n) is 3.98. The molecule has 12 heteroatoms. The molecular formula is C20H32NO9S2+. The van der Waals surface area contributed by atoms with Crippen LogP contribution in [0.5, 0.6) is 0 Å². The predicted molar refractivity (Wildman–Crippen MR) is 118 cm³/mol. The number of nitrogens with zero attached hydrogens (tertiary/aromatic N) is 1. The van der Waals surface area contributed by atoms with Crippen molar-refractivity contribution in [2.75, 3.05) is 52.4 Å². The second kappa shape index (κ2) is 11.6. The molecule has 0 aromatic heterocycles. The van der Waals surface area contributed by atoms with Gasteiger partial charge in [0.15, 0.2) is 12.3 Å². The third-order valence-electron chi connectivity index (χ3n) is 5.45. The van der Waals surface area contributed by atoms with Crippen molar-refractivity contribution in [3.63, 3.8) is 0 Å². The highest BCUT2D eigenvalue weighted by molar-refractivity contribution is 7.86. The minimum absolute atomic E-state index is 0.171. The second-order valence-corrected chi connectivity index (χ2v) is 10.6. The van der Waals surface area contributed by atoms with Gasteiger partial charge in [0.2, 0.25) is 5.69 Å². The molecule has 0 aliphatic carbocycles. The van der Waals surface area contributed by atoms with Gasteiger partial charge in [0.05, 0.1) is 43.0 Å². The molecule has 2 N–H and O–H groups in total. The van der Waals surface area contributed by atoms with Crippen LogP contribution in [-0.2, 0) is 34.4 Å². The molecule has 0 amide bonds. The van der Waals surface area contributed by atoms with Gasteiger partial charge in [-0.3, -0.25) is 9.11 Å². The lowest BCUT2D eigenvalue weighted by atomic mass is 9.89. The highest BCUT2D eigenvalue weighted by Gasteiger charge is 2.39. The molecule has 1 aromatic rings. The Bertz CT molecular complexity index is 1030. The molecule has 1 heterocycles. The lowest BCUT2D eigenvalue weighted by molar-refractivity contribution is -0.443. The number of fused-ring (bicyclic) bond motifs is 1. The first kappa shape index (κ1) is 26.8. The van der Waals surface area contributed by atoms with Crippen molar-refractivity contribution in [1.29, 1.82) is 0 Å². The molecular weight excluding hydrogens is 462 g/mol. The molecule has 1 aliphatic rings. The predicted octanol–water partition coefficient (Wildman–Crippen LogP) is 1.79. The van der Waals surface area contributed by atoms with Crippen molar-refractivity contribution in [1.82, 2.24) is 0 Å². The molecule has 0 saturated carbocycles. The van der Waals surface area contributed by atoms with Crippen molar-refractivity contribution in [3.05, 3.63) is 23.3 Å². The first-order chi connectivity index (χ1) is 15.0. The smallest absolute Gasteiger partial charge is 0.294 e. The Labute approximate surface area is 189 Å². The van der Waals surface area contributed by atoms with Gasteiger partial charge in [-0.2, -0.15) is 21.4 Å². The average molecular weight is 495 g/mol. The van der Waals surface area contributed by atoms with E-state index >= 15 is 0 Å². The van der Waals surface area contributed by atoms with Crippen LogP contribution in [0.25, 0.3) is 0 Å². The average Bonchev–Trinajstić information content (AvgIpc) is 2.94. The van der Waals surface area contributed by atoms with E-state index in [0.717, 1.165) is 17.0 Å². The molecule has 0 radical (unpaired) electrons. The van der Waals surface area contributed by atoms with Crippen LogP contribution in [0.15, 0.2) is 17.0 Å². The van der Waals surface area contributed by atoms with E-state index in [4.69, 9.17) is 18.8 Å². The molecule has 0 saturated heterocycles. The van der Waals surface area contributed by atoms with Crippen LogP contribution < -0.4 is 0 Å². The minimum atomic E-state index is -4.40. The Morgan fingerprint density at radius 1 is 0.969 bits per heavy atom. The highest BCUT2D eigenvalue weighted by Crippen LogP contribution is 2.41. The first-order valence-corrected chi connectivity index (χ1v) is 13.3. The van der Waals surface area contributed by atoms with Crippen molar-refractivity contribution < 1.29 is 44.7 Å². The molecule has 0 spiro atoms. The standard InChI is InChI=1S/C20H31NO9S2/c1-15-19(32(25,26)27)7-6-18-20(15)17(5-4-14-31(22,23)24)16(2)21(18)8-9-29-12-13-30-11-10-28-3/h6-7,17H,4-5,8-14H2,1-3H3,(H-,22,23,24,25,26,27)/p+1. The lowest BCUT2D eigenvalue weighted by Crippen LogP contribution is -2.19. The number of benzene rings is 1. The van der Waals surface area contributed by atoms with E-state index in [1.165, 1.54) is 6.07 Å². The van der Waals surface area contributed by atoms with Crippen LogP contribution in [-0.4, -0.2) is 88.7 Å². The molecule has 1 atom stereocenters. The summed E-state index contributed by atoms with van der Waals surface area (Å²) in [5, 5.41) is 0. The van der Waals surface area contributed by atoms with Gasteiger partial charge in [-0.1, -0.05) is 0 Å². The van der Waals surface area contributed by atoms with Crippen molar-refractivity contribution in [3.8, 4) is 0 Å². The monoisotopic (exact) mass is 494 g/mol. The number of rotatable bonds is 14. The SMILES string of the molecule is COCCOCCOCC[N+]1=C(C)C(CCCS(=O)(=O)O)c2c1ccc(S(=O)(=O)O)c2C. The third kappa shape index (κ3) is 7.30. The lowest BCUT2D eigenvalue weighted by Gasteiger charge is -2.12. The molecule has 1 unspecified atom stereocenters. The van der Waals surface area contributed by atoms with Gasteiger partial charge < -0.3 is 14.2 Å². The second-order valence-electron chi connectivity index (χ2n) is 7.59. The van der Waals surface area contributed by atoms with Gasteiger partial charge in [0.25, 0.3) is 20.2 Å². The van der Waals surface area contributed by atoms with Gasteiger partial charge in [-0.05, 0) is 31.4 Å². The van der Waals surface area contributed by atoms with Crippen LogP contribution >= 0.6 is 0 Å². The van der Waals surface area contributed by atoms with Gasteiger partial charge >= 0.3 is 0 Å². The summed E-state index contributed by atoms with van der Waals surface area (Å²) in [7, 11) is -6.90. The molecule has 32 heavy (non-hydrogen) atoms. The summed E-state index contributed by atoms with van der Waals surface area (Å²) in [4.78, 5) is -0.171. The fourth-order valence-corrected chi connectivity index (χ4v) is 5.24. The van der Waals surface area contributed by atoms with E-state index in [0.29, 0.717) is 51.6 Å². The maximum atomic E-state index is 11.8. The topological polar surface area (TPSA) is 139 Å². The van der Waals surface area contributed by atoms with E-state index in [2.05, 4.69) is 0 Å². The summed E-state index contributed by atoms with van der Waals surface area (Å²) >= 11 is 0. The molecule has 0 bridgehead atoms. The Morgan fingerprint density at radius 2 is 1.59 bits per heavy atom. The largest absolute Gasteiger partial charge is 0.382 e. The normalized spacial score (nSPS) is 16.6. The number of hydrogen-bond acceptors (Lipinski definition) is 7. The van der Waals surface area contributed by atoms with Gasteiger partial charge in [0.1, 0.15) is 6.61 Å². The van der Waals surface area contributed by atoms with Crippen molar-refractivity contribution in [2.24, 2.45) is 0 Å². The van der Waals surface area contributed by atoms with E-state index < -0.39 is 20.2 Å². The summed E-state index contributed by atoms with van der Waals surface area (Å²) in [5.74, 6) is -0.624. The first-order valence-electron chi connectivity index (χ1n) is 10.3. The zero-order valence-corrected chi connectivity index (χ0v) is 20.2. The Hall–Kier alpha value is -1.41. The maximum absolute atomic E-state index is 11.8. The zero-order valence-electron chi connectivity index (χ0n) is 18.6. The van der Waals surface area contributed by atoms with Crippen LogP contribution in [0.4, 0.5) is 5.69 Å². The molecule has 182 valence electrons. The van der Waals surface area contributed by atoms with Gasteiger partial charge in [0, 0.05) is 25.7 Å². The Balaban J connectivity index is 2.18. The van der Waals surface area contributed by atoms with Crippen molar-refractivity contribution >= 4 is 31.6 Å². The van der Waals surface area contributed by atoms with Crippen LogP contribution in [0.2, 0.25) is 0 Å². The number of hydrogen-bond donors (Lipinski definition) is 2. The zero-order chi connectivity index (χ0) is 23.9. The quantitative estimate of drug-likeness (QED) is 0.225. The van der Waals surface area contributed by atoms with Crippen LogP contribution in [0, 0.1) is 6.92 Å². The molecule has 1 aliphatic heterocycles. The third-order valence-corrected chi connectivity index (χ3v) is 7.25. The van der Waals surface area contributed by atoms with Crippen LogP contribution in [0.1, 0.15) is 36.8 Å². The van der Waals surface area contributed by atoms with E-state index in [1.807, 2.05) is 11.5 Å². The van der Waals surface area contributed by atoms with Crippen LogP contribution in [0.3, 0.4) is 0 Å². The Kier molecular flexibility index (Phi) is 9.76. The molecule has 10 nitrogen and oxygen atoms in total. The minimum Gasteiger partial charge on any atom is -0.382 e. The van der Waals surface area contributed by atoms with E-state index in [-0.39, 0.29) is 23.0 Å². The van der Waals surface area contributed by atoms with E-state index in [1.54, 1.807) is 20.1 Å². The summed E-state index contributed by atoms with van der Waals surface area (Å²) < 4.78 is 82.4. The molecule has 2 rings (SSSR count). The number of methoxy groups -OCH3 is 1. The summed E-state index contributed by atoms with van der Waals surface area (Å²) in [6, 6.07) is 3.01. The summed E-state index contributed by atoms with van der Waals surface area (Å²) in [6.07, 6.45) is 0.609.